The van der Waals surface area contributed by atoms with Crippen LogP contribution in [0, 0.1) is 0 Å². The van der Waals surface area contributed by atoms with Crippen molar-refractivity contribution in [2.24, 2.45) is 0 Å². The number of benzene rings is 1. The molecule has 1 aromatic heterocycles. The van der Waals surface area contributed by atoms with Crippen LogP contribution in [-0.4, -0.2) is 22.1 Å². The van der Waals surface area contributed by atoms with E-state index in [1.807, 2.05) is 31.2 Å². The van der Waals surface area contributed by atoms with Crippen LogP contribution in [0.15, 0.2) is 29.1 Å². The molecular formula is C15H21N3O. The number of para-hydroxylation sites is 1. The average molecular weight is 259 g/mol. The molecule has 0 spiro atoms. The van der Waals surface area contributed by atoms with E-state index in [0.29, 0.717) is 18.0 Å². The SMILES string of the molecule is CCc1nc2ccccc2c(=O)n1CCNC(C)C. The number of aromatic nitrogens is 2. The van der Waals surface area contributed by atoms with Gasteiger partial charge in [0.25, 0.3) is 5.56 Å². The fourth-order valence-electron chi connectivity index (χ4n) is 2.18. The van der Waals surface area contributed by atoms with Crippen LogP contribution in [0.5, 0.6) is 0 Å². The Bertz CT molecular complexity index is 616. The number of fused-ring (bicyclic) bond motifs is 1. The zero-order chi connectivity index (χ0) is 13.8. The van der Waals surface area contributed by atoms with E-state index in [1.165, 1.54) is 0 Å². The third-order valence-electron chi connectivity index (χ3n) is 3.14. The largest absolute Gasteiger partial charge is 0.313 e. The summed E-state index contributed by atoms with van der Waals surface area (Å²) in [4.78, 5) is 17.1. The average Bonchev–Trinajstić information content (AvgIpc) is 2.40. The van der Waals surface area contributed by atoms with Gasteiger partial charge in [-0.1, -0.05) is 32.9 Å². The van der Waals surface area contributed by atoms with E-state index in [9.17, 15) is 4.79 Å². The molecule has 1 heterocycles. The molecule has 4 nitrogen and oxygen atoms in total. The summed E-state index contributed by atoms with van der Waals surface area (Å²) in [5.41, 5.74) is 0.852. The van der Waals surface area contributed by atoms with Gasteiger partial charge in [0, 0.05) is 25.6 Å². The Morgan fingerprint density at radius 3 is 2.74 bits per heavy atom. The number of nitrogens with zero attached hydrogens (tertiary/aromatic N) is 2. The monoisotopic (exact) mass is 259 g/mol. The van der Waals surface area contributed by atoms with Gasteiger partial charge >= 0.3 is 0 Å². The van der Waals surface area contributed by atoms with Crippen molar-refractivity contribution in [1.29, 1.82) is 0 Å². The minimum absolute atomic E-state index is 0.0630. The number of hydrogen-bond donors (Lipinski definition) is 1. The number of hydrogen-bond acceptors (Lipinski definition) is 3. The van der Waals surface area contributed by atoms with Gasteiger partial charge in [-0.05, 0) is 12.1 Å². The van der Waals surface area contributed by atoms with Gasteiger partial charge in [-0.25, -0.2) is 4.98 Å². The topological polar surface area (TPSA) is 46.9 Å². The maximum atomic E-state index is 12.5. The maximum Gasteiger partial charge on any atom is 0.261 e. The summed E-state index contributed by atoms with van der Waals surface area (Å²) >= 11 is 0. The molecule has 0 unspecified atom stereocenters. The molecule has 0 saturated carbocycles. The molecule has 0 bridgehead atoms. The fraction of sp³-hybridized carbons (Fsp3) is 0.467. The highest BCUT2D eigenvalue weighted by Crippen LogP contribution is 2.08. The molecule has 0 fully saturated rings. The van der Waals surface area contributed by atoms with Crippen molar-refractivity contribution in [2.75, 3.05) is 6.54 Å². The number of aryl methyl sites for hydroxylation is 1. The van der Waals surface area contributed by atoms with Gasteiger partial charge in [0.2, 0.25) is 0 Å². The first-order chi connectivity index (χ1) is 9.13. The van der Waals surface area contributed by atoms with Crippen LogP contribution in [0.25, 0.3) is 10.9 Å². The highest BCUT2D eigenvalue weighted by atomic mass is 16.1. The van der Waals surface area contributed by atoms with Gasteiger partial charge in [0.05, 0.1) is 10.9 Å². The molecule has 1 aromatic carbocycles. The van der Waals surface area contributed by atoms with Crippen LogP contribution in [0.2, 0.25) is 0 Å². The van der Waals surface area contributed by atoms with E-state index in [4.69, 9.17) is 0 Å². The lowest BCUT2D eigenvalue weighted by Gasteiger charge is -2.14. The van der Waals surface area contributed by atoms with Gasteiger partial charge in [-0.15, -0.1) is 0 Å². The van der Waals surface area contributed by atoms with E-state index >= 15 is 0 Å². The second-order valence-electron chi connectivity index (χ2n) is 4.96. The smallest absolute Gasteiger partial charge is 0.261 e. The summed E-state index contributed by atoms with van der Waals surface area (Å²) in [5.74, 6) is 0.856. The molecular weight excluding hydrogens is 238 g/mol. The van der Waals surface area contributed by atoms with Gasteiger partial charge in [-0.3, -0.25) is 9.36 Å². The zero-order valence-corrected chi connectivity index (χ0v) is 11.8. The summed E-state index contributed by atoms with van der Waals surface area (Å²) in [6, 6.07) is 7.96. The molecule has 1 N–H and O–H groups in total. The molecule has 0 radical (unpaired) electrons. The first-order valence-electron chi connectivity index (χ1n) is 6.85. The Morgan fingerprint density at radius 2 is 2.05 bits per heavy atom. The van der Waals surface area contributed by atoms with Gasteiger partial charge < -0.3 is 5.32 Å². The van der Waals surface area contributed by atoms with Crippen LogP contribution in [0.1, 0.15) is 26.6 Å². The lowest BCUT2D eigenvalue weighted by molar-refractivity contribution is 0.521. The molecule has 0 aliphatic carbocycles. The Hall–Kier alpha value is -1.68. The quantitative estimate of drug-likeness (QED) is 0.893. The van der Waals surface area contributed by atoms with Gasteiger partial charge in [-0.2, -0.15) is 0 Å². The van der Waals surface area contributed by atoms with Crippen molar-refractivity contribution < 1.29 is 0 Å². The Balaban J connectivity index is 2.40. The normalized spacial score (nSPS) is 11.4. The zero-order valence-electron chi connectivity index (χ0n) is 11.8. The first kappa shape index (κ1) is 13.7. The molecule has 0 amide bonds. The standard InChI is InChI=1S/C15H21N3O/c1-4-14-17-13-8-6-5-7-12(13)15(19)18(14)10-9-16-11(2)3/h5-8,11,16H,4,9-10H2,1-3H3. The lowest BCUT2D eigenvalue weighted by Crippen LogP contribution is -2.32. The number of nitrogens with one attached hydrogen (secondary N) is 1. The molecule has 102 valence electrons. The summed E-state index contributed by atoms with van der Waals surface area (Å²) in [5, 5.41) is 4.03. The Labute approximate surface area is 113 Å². The van der Waals surface area contributed by atoms with E-state index in [1.54, 1.807) is 4.57 Å². The van der Waals surface area contributed by atoms with E-state index < -0.39 is 0 Å². The molecule has 0 aliphatic rings. The molecule has 0 atom stereocenters. The molecule has 0 saturated heterocycles. The van der Waals surface area contributed by atoms with Crippen molar-refractivity contribution >= 4 is 10.9 Å². The van der Waals surface area contributed by atoms with Crippen LogP contribution in [0.4, 0.5) is 0 Å². The Morgan fingerprint density at radius 1 is 1.32 bits per heavy atom. The van der Waals surface area contributed by atoms with Crippen LogP contribution in [0.3, 0.4) is 0 Å². The Kier molecular flexibility index (Phi) is 4.32. The lowest BCUT2D eigenvalue weighted by atomic mass is 10.2. The summed E-state index contributed by atoms with van der Waals surface area (Å²) in [6.07, 6.45) is 0.766. The molecule has 19 heavy (non-hydrogen) atoms. The van der Waals surface area contributed by atoms with Gasteiger partial charge in [0.15, 0.2) is 0 Å². The maximum absolute atomic E-state index is 12.5. The molecule has 2 rings (SSSR count). The van der Waals surface area contributed by atoms with Crippen molar-refractivity contribution in [2.45, 2.75) is 39.8 Å². The third kappa shape index (κ3) is 3.01. The minimum Gasteiger partial charge on any atom is -0.313 e. The number of rotatable bonds is 5. The fourth-order valence-corrected chi connectivity index (χ4v) is 2.18. The van der Waals surface area contributed by atoms with Crippen LogP contribution < -0.4 is 10.9 Å². The summed E-state index contributed by atoms with van der Waals surface area (Å²) < 4.78 is 1.79. The predicted molar refractivity (Wildman–Crippen MR) is 78.5 cm³/mol. The minimum atomic E-state index is 0.0630. The predicted octanol–water partition coefficient (Wildman–Crippen LogP) is 1.96. The third-order valence-corrected chi connectivity index (χ3v) is 3.14. The van der Waals surface area contributed by atoms with E-state index in [0.717, 1.165) is 24.3 Å². The first-order valence-corrected chi connectivity index (χ1v) is 6.85. The van der Waals surface area contributed by atoms with Crippen LogP contribution >= 0.6 is 0 Å². The van der Waals surface area contributed by atoms with Crippen molar-refractivity contribution in [3.8, 4) is 0 Å². The molecule has 2 aromatic rings. The molecule has 0 aliphatic heterocycles. The van der Waals surface area contributed by atoms with E-state index in [2.05, 4.69) is 24.1 Å². The highest BCUT2D eigenvalue weighted by molar-refractivity contribution is 5.77. The second kappa shape index (κ2) is 5.97. The van der Waals surface area contributed by atoms with Crippen molar-refractivity contribution in [1.82, 2.24) is 14.9 Å². The second-order valence-corrected chi connectivity index (χ2v) is 4.96. The van der Waals surface area contributed by atoms with Crippen LogP contribution in [-0.2, 0) is 13.0 Å². The summed E-state index contributed by atoms with van der Waals surface area (Å²) in [7, 11) is 0. The summed E-state index contributed by atoms with van der Waals surface area (Å²) in [6.45, 7) is 7.68. The highest BCUT2D eigenvalue weighted by Gasteiger charge is 2.09. The van der Waals surface area contributed by atoms with Gasteiger partial charge in [0.1, 0.15) is 5.82 Å². The van der Waals surface area contributed by atoms with Crippen molar-refractivity contribution in [3.05, 3.63) is 40.4 Å². The molecule has 4 heteroatoms. The van der Waals surface area contributed by atoms with Crippen molar-refractivity contribution in [3.63, 3.8) is 0 Å². The van der Waals surface area contributed by atoms with E-state index in [-0.39, 0.29) is 5.56 Å².